The molecule has 0 radical (unpaired) electrons. The standard InChI is InChI=1S/C21H23ClN4O2/c1-3-4-11-26-21(22)19(15(2)25-26)13-23-24-20(27)14-28-18-10-9-16-7-5-6-8-17(16)12-18/h5-10,12-13H,3-4,11,14H2,1-2H3,(H,24,27)/b23-13+. The van der Waals surface area contributed by atoms with E-state index in [1.807, 2.05) is 49.4 Å². The van der Waals surface area contributed by atoms with Crippen molar-refractivity contribution in [3.63, 3.8) is 0 Å². The molecule has 28 heavy (non-hydrogen) atoms. The Labute approximate surface area is 169 Å². The van der Waals surface area contributed by atoms with Crippen molar-refractivity contribution in [1.82, 2.24) is 15.2 Å². The van der Waals surface area contributed by atoms with E-state index in [1.54, 1.807) is 4.68 Å². The number of nitrogens with one attached hydrogen (secondary N) is 1. The lowest BCUT2D eigenvalue weighted by atomic mass is 10.1. The second kappa shape index (κ2) is 9.37. The van der Waals surface area contributed by atoms with Gasteiger partial charge in [0.1, 0.15) is 10.9 Å². The van der Waals surface area contributed by atoms with Crippen molar-refractivity contribution in [1.29, 1.82) is 0 Å². The zero-order valence-corrected chi connectivity index (χ0v) is 16.7. The van der Waals surface area contributed by atoms with E-state index in [4.69, 9.17) is 16.3 Å². The summed E-state index contributed by atoms with van der Waals surface area (Å²) in [7, 11) is 0. The number of carbonyl (C=O) groups excluding carboxylic acids is 1. The summed E-state index contributed by atoms with van der Waals surface area (Å²) in [6.45, 7) is 4.61. The van der Waals surface area contributed by atoms with Gasteiger partial charge in [-0.1, -0.05) is 55.3 Å². The Bertz CT molecular complexity index is 997. The van der Waals surface area contributed by atoms with Gasteiger partial charge in [0.25, 0.3) is 5.91 Å². The Morgan fingerprint density at radius 2 is 2.07 bits per heavy atom. The molecule has 1 heterocycles. The maximum absolute atomic E-state index is 12.0. The van der Waals surface area contributed by atoms with Crippen molar-refractivity contribution in [3.05, 3.63) is 58.9 Å². The van der Waals surface area contributed by atoms with Gasteiger partial charge in [-0.15, -0.1) is 0 Å². The summed E-state index contributed by atoms with van der Waals surface area (Å²) in [5.41, 5.74) is 3.93. The van der Waals surface area contributed by atoms with Crippen molar-refractivity contribution < 1.29 is 9.53 Å². The molecule has 0 atom stereocenters. The van der Waals surface area contributed by atoms with E-state index in [0.29, 0.717) is 16.5 Å². The number of amides is 1. The van der Waals surface area contributed by atoms with Gasteiger partial charge in [-0.05, 0) is 36.2 Å². The van der Waals surface area contributed by atoms with E-state index in [2.05, 4.69) is 22.5 Å². The van der Waals surface area contributed by atoms with Crippen LogP contribution in [0.1, 0.15) is 31.0 Å². The first-order chi connectivity index (χ1) is 13.6. The van der Waals surface area contributed by atoms with Crippen molar-refractivity contribution in [2.75, 3.05) is 6.61 Å². The third kappa shape index (κ3) is 4.89. The van der Waals surface area contributed by atoms with Gasteiger partial charge in [0, 0.05) is 6.54 Å². The highest BCUT2D eigenvalue weighted by Crippen LogP contribution is 2.20. The lowest BCUT2D eigenvalue weighted by Gasteiger charge is -2.06. The van der Waals surface area contributed by atoms with E-state index in [9.17, 15) is 4.79 Å². The van der Waals surface area contributed by atoms with Gasteiger partial charge in [0.05, 0.1) is 17.5 Å². The minimum absolute atomic E-state index is 0.127. The zero-order valence-electron chi connectivity index (χ0n) is 16.0. The summed E-state index contributed by atoms with van der Waals surface area (Å²) in [6.07, 6.45) is 3.58. The van der Waals surface area contributed by atoms with E-state index < -0.39 is 0 Å². The average Bonchev–Trinajstić information content (AvgIpc) is 2.98. The number of hydrazone groups is 1. The van der Waals surface area contributed by atoms with Crippen molar-refractivity contribution in [2.24, 2.45) is 5.10 Å². The van der Waals surface area contributed by atoms with Gasteiger partial charge in [0.2, 0.25) is 0 Å². The summed E-state index contributed by atoms with van der Waals surface area (Å²) in [5.74, 6) is 0.283. The molecule has 0 saturated heterocycles. The van der Waals surface area contributed by atoms with Crippen molar-refractivity contribution >= 4 is 34.5 Å². The number of halogens is 1. The lowest BCUT2D eigenvalue weighted by Crippen LogP contribution is -2.24. The van der Waals surface area contributed by atoms with E-state index >= 15 is 0 Å². The van der Waals surface area contributed by atoms with Crippen LogP contribution >= 0.6 is 11.6 Å². The predicted octanol–water partition coefficient (Wildman–Crippen LogP) is 4.33. The van der Waals surface area contributed by atoms with Crippen LogP contribution in [0.3, 0.4) is 0 Å². The third-order valence-corrected chi connectivity index (χ3v) is 4.71. The smallest absolute Gasteiger partial charge is 0.277 e. The molecule has 3 aromatic rings. The van der Waals surface area contributed by atoms with Crippen LogP contribution in [0.4, 0.5) is 0 Å². The Hall–Kier alpha value is -2.86. The summed E-state index contributed by atoms with van der Waals surface area (Å²) < 4.78 is 7.30. The number of carbonyl (C=O) groups is 1. The highest BCUT2D eigenvalue weighted by Gasteiger charge is 2.11. The highest BCUT2D eigenvalue weighted by molar-refractivity contribution is 6.32. The van der Waals surface area contributed by atoms with Crippen LogP contribution in [0.2, 0.25) is 5.15 Å². The lowest BCUT2D eigenvalue weighted by molar-refractivity contribution is -0.123. The molecule has 7 heteroatoms. The number of unbranched alkanes of at least 4 members (excludes halogenated alkanes) is 1. The molecule has 0 aliphatic heterocycles. The van der Waals surface area contributed by atoms with Crippen LogP contribution in [0.15, 0.2) is 47.6 Å². The fraction of sp³-hybridized carbons (Fsp3) is 0.286. The zero-order chi connectivity index (χ0) is 19.9. The minimum atomic E-state index is -0.350. The number of benzene rings is 2. The van der Waals surface area contributed by atoms with Gasteiger partial charge in [-0.2, -0.15) is 10.2 Å². The number of fused-ring (bicyclic) bond motifs is 1. The van der Waals surface area contributed by atoms with E-state index in [0.717, 1.165) is 35.9 Å². The molecule has 0 bridgehead atoms. The molecule has 0 aliphatic rings. The maximum Gasteiger partial charge on any atom is 0.277 e. The van der Waals surface area contributed by atoms with Crippen LogP contribution in [-0.4, -0.2) is 28.5 Å². The first-order valence-corrected chi connectivity index (χ1v) is 9.62. The fourth-order valence-corrected chi connectivity index (χ4v) is 3.08. The number of aryl methyl sites for hydroxylation is 2. The molecule has 0 saturated carbocycles. The molecule has 0 aliphatic carbocycles. The monoisotopic (exact) mass is 398 g/mol. The third-order valence-electron chi connectivity index (χ3n) is 4.31. The molecule has 1 aromatic heterocycles. The minimum Gasteiger partial charge on any atom is -0.484 e. The summed E-state index contributed by atoms with van der Waals surface area (Å²) in [6, 6.07) is 13.7. The Kier molecular flexibility index (Phi) is 6.66. The Morgan fingerprint density at radius 1 is 1.29 bits per heavy atom. The summed E-state index contributed by atoms with van der Waals surface area (Å²) >= 11 is 6.34. The van der Waals surface area contributed by atoms with Gasteiger partial charge < -0.3 is 4.74 Å². The van der Waals surface area contributed by atoms with Crippen LogP contribution in [0.25, 0.3) is 10.8 Å². The van der Waals surface area contributed by atoms with Crippen molar-refractivity contribution in [2.45, 2.75) is 33.2 Å². The van der Waals surface area contributed by atoms with Crippen molar-refractivity contribution in [3.8, 4) is 5.75 Å². The number of ether oxygens (including phenoxy) is 1. The predicted molar refractivity (Wildman–Crippen MR) is 112 cm³/mol. The molecule has 2 aromatic carbocycles. The number of hydrogen-bond acceptors (Lipinski definition) is 4. The van der Waals surface area contributed by atoms with Gasteiger partial charge >= 0.3 is 0 Å². The first-order valence-electron chi connectivity index (χ1n) is 9.25. The topological polar surface area (TPSA) is 68.5 Å². The highest BCUT2D eigenvalue weighted by atomic mass is 35.5. The molecule has 0 unspecified atom stereocenters. The number of nitrogens with zero attached hydrogens (tertiary/aromatic N) is 3. The normalized spacial score (nSPS) is 11.2. The maximum atomic E-state index is 12.0. The Balaban J connectivity index is 1.54. The quantitative estimate of drug-likeness (QED) is 0.453. The van der Waals surface area contributed by atoms with Gasteiger partial charge in [-0.25, -0.2) is 5.43 Å². The molecule has 3 rings (SSSR count). The second-order valence-corrected chi connectivity index (χ2v) is 6.82. The molecular weight excluding hydrogens is 376 g/mol. The summed E-state index contributed by atoms with van der Waals surface area (Å²) in [5, 5.41) is 11.1. The van der Waals surface area contributed by atoms with Gasteiger partial charge in [0.15, 0.2) is 6.61 Å². The molecule has 0 fully saturated rings. The number of aromatic nitrogens is 2. The molecule has 1 N–H and O–H groups in total. The fourth-order valence-electron chi connectivity index (χ4n) is 2.78. The van der Waals surface area contributed by atoms with E-state index in [1.165, 1.54) is 6.21 Å². The second-order valence-electron chi connectivity index (χ2n) is 6.46. The average molecular weight is 399 g/mol. The summed E-state index contributed by atoms with van der Waals surface area (Å²) in [4.78, 5) is 12.0. The molecule has 6 nitrogen and oxygen atoms in total. The number of hydrogen-bond donors (Lipinski definition) is 1. The molecular formula is C21H23ClN4O2. The largest absolute Gasteiger partial charge is 0.484 e. The van der Waals surface area contributed by atoms with Crippen LogP contribution in [-0.2, 0) is 11.3 Å². The number of rotatable bonds is 8. The van der Waals surface area contributed by atoms with Crippen LogP contribution < -0.4 is 10.2 Å². The molecule has 1 amide bonds. The van der Waals surface area contributed by atoms with Crippen LogP contribution in [0.5, 0.6) is 5.75 Å². The Morgan fingerprint density at radius 3 is 2.86 bits per heavy atom. The first kappa shape index (κ1) is 19.9. The SMILES string of the molecule is CCCCn1nc(C)c(/C=N/NC(=O)COc2ccc3ccccc3c2)c1Cl. The molecule has 0 spiro atoms. The molecule has 146 valence electrons. The van der Waals surface area contributed by atoms with Gasteiger partial charge in [-0.3, -0.25) is 9.48 Å². The van der Waals surface area contributed by atoms with Crippen LogP contribution in [0, 0.1) is 6.92 Å². The van der Waals surface area contributed by atoms with E-state index in [-0.39, 0.29) is 12.5 Å².